The number of hydrogen-bond donors (Lipinski definition) is 1. The highest BCUT2D eigenvalue weighted by molar-refractivity contribution is 9.10. The minimum absolute atomic E-state index is 0.104. The first-order valence-corrected chi connectivity index (χ1v) is 10.3. The van der Waals surface area contributed by atoms with Crippen LogP contribution in [0.3, 0.4) is 0 Å². The van der Waals surface area contributed by atoms with Gasteiger partial charge in [0.25, 0.3) is 0 Å². The van der Waals surface area contributed by atoms with E-state index in [4.69, 9.17) is 0 Å². The van der Waals surface area contributed by atoms with Crippen LogP contribution in [0.25, 0.3) is 0 Å². The lowest BCUT2D eigenvalue weighted by atomic mass is 9.75. The van der Waals surface area contributed by atoms with Gasteiger partial charge in [0.2, 0.25) is 0 Å². The van der Waals surface area contributed by atoms with Crippen LogP contribution < -0.4 is 4.87 Å². The number of aromatic amines is 1. The van der Waals surface area contributed by atoms with E-state index in [0.29, 0.717) is 17.1 Å². The van der Waals surface area contributed by atoms with Crippen LogP contribution in [0.2, 0.25) is 0 Å². The molecule has 2 nitrogen and oxygen atoms in total. The number of thioether (sulfide) groups is 1. The van der Waals surface area contributed by atoms with Crippen molar-refractivity contribution in [1.29, 1.82) is 0 Å². The molecule has 2 saturated carbocycles. The number of nitrogens with one attached hydrogen (secondary N) is 1. The van der Waals surface area contributed by atoms with Gasteiger partial charge < -0.3 is 4.98 Å². The minimum Gasteiger partial charge on any atom is -0.307 e. The minimum atomic E-state index is 0.104. The fraction of sp³-hybridized carbons (Fsp3) is 0.471. The molecule has 2 aromatic rings. The number of thiazole rings is 1. The Morgan fingerprint density at radius 1 is 1.14 bits per heavy atom. The number of H-pyrrole nitrogens is 1. The van der Waals surface area contributed by atoms with Crippen molar-refractivity contribution in [2.75, 3.05) is 0 Å². The quantitative estimate of drug-likeness (QED) is 0.750. The van der Waals surface area contributed by atoms with Crippen LogP contribution in [0.5, 0.6) is 0 Å². The zero-order valence-corrected chi connectivity index (χ0v) is 15.1. The second-order valence-corrected chi connectivity index (χ2v) is 9.85. The summed E-state index contributed by atoms with van der Waals surface area (Å²) >= 11 is 6.93. The zero-order valence-electron chi connectivity index (χ0n) is 11.9. The van der Waals surface area contributed by atoms with Gasteiger partial charge in [0.15, 0.2) is 0 Å². The molecular formula is C17H16BrNOS2. The van der Waals surface area contributed by atoms with Crippen LogP contribution in [-0.4, -0.2) is 10.2 Å². The summed E-state index contributed by atoms with van der Waals surface area (Å²) in [5.74, 6) is 2.83. The normalized spacial score (nSPS) is 35.4. The summed E-state index contributed by atoms with van der Waals surface area (Å²) in [6.45, 7) is 0. The van der Waals surface area contributed by atoms with E-state index < -0.39 is 0 Å². The fourth-order valence-corrected chi connectivity index (χ4v) is 8.05. The first-order valence-electron chi connectivity index (χ1n) is 7.86. The molecule has 22 heavy (non-hydrogen) atoms. The van der Waals surface area contributed by atoms with Gasteiger partial charge in [-0.15, -0.1) is 11.8 Å². The highest BCUT2D eigenvalue weighted by atomic mass is 79.9. The molecule has 114 valence electrons. The van der Waals surface area contributed by atoms with Crippen molar-refractivity contribution in [1.82, 2.24) is 4.98 Å². The molecule has 2 heterocycles. The molecule has 1 aromatic heterocycles. The van der Waals surface area contributed by atoms with E-state index in [9.17, 15) is 4.79 Å². The van der Waals surface area contributed by atoms with Crippen LogP contribution >= 0.6 is 39.0 Å². The topological polar surface area (TPSA) is 32.9 Å². The second kappa shape index (κ2) is 4.99. The van der Waals surface area contributed by atoms with Gasteiger partial charge in [0.1, 0.15) is 0 Å². The highest BCUT2D eigenvalue weighted by Gasteiger charge is 2.54. The smallest absolute Gasteiger partial charge is 0.305 e. The van der Waals surface area contributed by atoms with E-state index in [0.717, 1.165) is 21.3 Å². The molecule has 2 fully saturated rings. The molecule has 0 spiro atoms. The number of benzene rings is 1. The number of fused-ring (bicyclic) bond motifs is 6. The first-order chi connectivity index (χ1) is 10.7. The maximum Gasteiger partial charge on any atom is 0.305 e. The lowest BCUT2D eigenvalue weighted by Gasteiger charge is -2.40. The molecule has 0 unspecified atom stereocenters. The summed E-state index contributed by atoms with van der Waals surface area (Å²) in [4.78, 5) is 16.4. The van der Waals surface area contributed by atoms with Crippen molar-refractivity contribution in [2.45, 2.75) is 35.5 Å². The maximum absolute atomic E-state index is 11.9. The third kappa shape index (κ3) is 1.95. The molecule has 0 radical (unpaired) electrons. The summed E-state index contributed by atoms with van der Waals surface area (Å²) in [5.41, 5.74) is 1.38. The fourth-order valence-electron chi connectivity index (χ4n) is 4.89. The van der Waals surface area contributed by atoms with Gasteiger partial charge >= 0.3 is 4.87 Å². The number of halogens is 1. The van der Waals surface area contributed by atoms with Crippen LogP contribution in [0, 0.1) is 17.8 Å². The van der Waals surface area contributed by atoms with E-state index in [1.165, 1.54) is 41.0 Å². The van der Waals surface area contributed by atoms with Gasteiger partial charge in [0, 0.05) is 20.5 Å². The van der Waals surface area contributed by atoms with E-state index in [1.54, 1.807) is 0 Å². The summed E-state index contributed by atoms with van der Waals surface area (Å²) in [6.07, 6.45) is 4.16. The van der Waals surface area contributed by atoms with Crippen molar-refractivity contribution >= 4 is 39.0 Å². The van der Waals surface area contributed by atoms with Gasteiger partial charge in [-0.25, -0.2) is 0 Å². The SMILES string of the molecule is O=c1[nH]c2c(s1)[C@@H](c1ccc(Br)cc1)[C@H]1[C@@H]3CC[C@H](C3)[C@H]1S2. The molecular weight excluding hydrogens is 378 g/mol. The average Bonchev–Trinajstić information content (AvgIpc) is 3.19. The Kier molecular flexibility index (Phi) is 3.15. The van der Waals surface area contributed by atoms with Gasteiger partial charge in [-0.05, 0) is 54.7 Å². The summed E-state index contributed by atoms with van der Waals surface area (Å²) < 4.78 is 1.12. The standard InChI is InChI=1S/C17H16BrNOS2/c18-11-5-3-8(4-6-11)12-13-9-1-2-10(7-9)14(13)21-16-15(12)22-17(20)19-16/h3-6,9-10,12-14H,1-2,7H2,(H,19,20)/t9-,10-,12+,13-,14-/m1/s1. The van der Waals surface area contributed by atoms with Crippen LogP contribution in [0.1, 0.15) is 35.6 Å². The Morgan fingerprint density at radius 3 is 2.73 bits per heavy atom. The van der Waals surface area contributed by atoms with Gasteiger partial charge in [-0.3, -0.25) is 4.79 Å². The third-order valence-corrected chi connectivity index (χ3v) is 8.85. The molecule has 3 aliphatic rings. The lowest BCUT2D eigenvalue weighted by molar-refractivity contribution is 0.307. The molecule has 1 aromatic carbocycles. The maximum atomic E-state index is 11.9. The largest absolute Gasteiger partial charge is 0.307 e. The second-order valence-electron chi connectivity index (χ2n) is 6.73. The predicted molar refractivity (Wildman–Crippen MR) is 94.9 cm³/mol. The summed E-state index contributed by atoms with van der Waals surface area (Å²) in [5, 5.41) is 1.85. The van der Waals surface area contributed by atoms with Crippen molar-refractivity contribution in [2.24, 2.45) is 17.8 Å². The van der Waals surface area contributed by atoms with Crippen molar-refractivity contribution < 1.29 is 0 Å². The number of aromatic nitrogens is 1. The number of hydrogen-bond acceptors (Lipinski definition) is 3. The van der Waals surface area contributed by atoms with E-state index in [1.807, 2.05) is 11.8 Å². The molecule has 5 atom stereocenters. The molecule has 2 aliphatic carbocycles. The Morgan fingerprint density at radius 2 is 1.91 bits per heavy atom. The van der Waals surface area contributed by atoms with E-state index >= 15 is 0 Å². The Bertz CT molecular complexity index is 781. The van der Waals surface area contributed by atoms with Gasteiger partial charge in [-0.1, -0.05) is 39.4 Å². The molecule has 0 amide bonds. The number of rotatable bonds is 1. The summed E-state index contributed by atoms with van der Waals surface area (Å²) in [7, 11) is 0. The summed E-state index contributed by atoms with van der Waals surface area (Å²) in [6, 6.07) is 8.74. The lowest BCUT2D eigenvalue weighted by Crippen LogP contribution is -2.33. The molecule has 2 bridgehead atoms. The van der Waals surface area contributed by atoms with E-state index in [2.05, 4.69) is 45.2 Å². The molecule has 5 rings (SSSR count). The monoisotopic (exact) mass is 393 g/mol. The predicted octanol–water partition coefficient (Wildman–Crippen LogP) is 4.85. The Hall–Kier alpha value is -0.520. The van der Waals surface area contributed by atoms with Crippen molar-refractivity contribution in [3.63, 3.8) is 0 Å². The molecule has 1 N–H and O–H groups in total. The Labute approximate surface area is 145 Å². The zero-order chi connectivity index (χ0) is 14.8. The van der Waals surface area contributed by atoms with E-state index in [-0.39, 0.29) is 4.87 Å². The highest BCUT2D eigenvalue weighted by Crippen LogP contribution is 2.63. The molecule has 5 heteroatoms. The Balaban J connectivity index is 1.68. The molecule has 1 aliphatic heterocycles. The van der Waals surface area contributed by atoms with Crippen molar-refractivity contribution in [3.05, 3.63) is 48.8 Å². The third-order valence-electron chi connectivity index (χ3n) is 5.69. The van der Waals surface area contributed by atoms with Crippen LogP contribution in [0.4, 0.5) is 0 Å². The van der Waals surface area contributed by atoms with Gasteiger partial charge in [0.05, 0.1) is 5.03 Å². The van der Waals surface area contributed by atoms with Crippen molar-refractivity contribution in [3.8, 4) is 0 Å². The molecule has 0 saturated heterocycles. The van der Waals surface area contributed by atoms with Crippen LogP contribution in [0.15, 0.2) is 38.6 Å². The first kappa shape index (κ1) is 13.9. The van der Waals surface area contributed by atoms with Crippen LogP contribution in [-0.2, 0) is 0 Å². The van der Waals surface area contributed by atoms with Gasteiger partial charge in [-0.2, -0.15) is 0 Å². The average molecular weight is 394 g/mol.